The van der Waals surface area contributed by atoms with E-state index in [1.165, 1.54) is 11.1 Å². The van der Waals surface area contributed by atoms with Crippen LogP contribution < -0.4 is 4.31 Å². The molecular formula is C39H32Cl2N2O2S3. The first kappa shape index (κ1) is 31.9. The number of thioether (sulfide) groups is 2. The van der Waals surface area contributed by atoms with Crippen molar-refractivity contribution in [1.82, 2.24) is 4.98 Å². The molecule has 1 spiro atoms. The van der Waals surface area contributed by atoms with Gasteiger partial charge in [-0.2, -0.15) is 0 Å². The number of benzene rings is 5. The van der Waals surface area contributed by atoms with E-state index in [-0.39, 0.29) is 11.4 Å². The van der Waals surface area contributed by atoms with Crippen LogP contribution in [0.25, 0.3) is 10.9 Å². The maximum absolute atomic E-state index is 14.5. The third-order valence-corrected chi connectivity index (χ3v) is 14.6. The van der Waals surface area contributed by atoms with E-state index in [0.717, 1.165) is 43.1 Å². The van der Waals surface area contributed by atoms with Crippen molar-refractivity contribution in [3.8, 4) is 0 Å². The van der Waals surface area contributed by atoms with Gasteiger partial charge in [0.15, 0.2) is 0 Å². The molecule has 0 amide bonds. The lowest BCUT2D eigenvalue weighted by Gasteiger charge is -2.33. The number of aromatic nitrogens is 1. The Morgan fingerprint density at radius 3 is 1.85 bits per heavy atom. The third kappa shape index (κ3) is 5.17. The Kier molecular flexibility index (Phi) is 7.73. The van der Waals surface area contributed by atoms with Crippen molar-refractivity contribution >= 4 is 73.3 Å². The Morgan fingerprint density at radius 2 is 1.25 bits per heavy atom. The quantitative estimate of drug-likeness (QED) is 0.174. The number of halogens is 2. The van der Waals surface area contributed by atoms with Gasteiger partial charge >= 0.3 is 0 Å². The summed E-state index contributed by atoms with van der Waals surface area (Å²) in [4.78, 5) is 6.34. The van der Waals surface area contributed by atoms with Gasteiger partial charge in [-0.1, -0.05) is 76.3 Å². The predicted molar refractivity (Wildman–Crippen MR) is 202 cm³/mol. The minimum Gasteiger partial charge on any atom is -0.357 e. The lowest BCUT2D eigenvalue weighted by Crippen LogP contribution is -2.37. The van der Waals surface area contributed by atoms with Crippen LogP contribution in [0.5, 0.6) is 0 Å². The Morgan fingerprint density at radius 1 is 0.708 bits per heavy atom. The molecule has 1 aromatic heterocycles. The van der Waals surface area contributed by atoms with E-state index >= 15 is 0 Å². The van der Waals surface area contributed by atoms with Crippen LogP contribution in [0, 0.1) is 20.8 Å². The largest absolute Gasteiger partial charge is 0.357 e. The van der Waals surface area contributed by atoms with E-state index in [4.69, 9.17) is 23.2 Å². The van der Waals surface area contributed by atoms with E-state index in [1.54, 1.807) is 22.5 Å². The van der Waals surface area contributed by atoms with Gasteiger partial charge in [0.2, 0.25) is 0 Å². The van der Waals surface area contributed by atoms with Gasteiger partial charge in [0.05, 0.1) is 20.1 Å². The van der Waals surface area contributed by atoms with Crippen LogP contribution in [-0.2, 0) is 19.5 Å². The van der Waals surface area contributed by atoms with E-state index in [9.17, 15) is 8.42 Å². The summed E-state index contributed by atoms with van der Waals surface area (Å²) in [6, 6.07) is 35.9. The van der Waals surface area contributed by atoms with Gasteiger partial charge in [0.25, 0.3) is 10.0 Å². The van der Waals surface area contributed by atoms with E-state index < -0.39 is 19.5 Å². The molecule has 6 aromatic rings. The summed E-state index contributed by atoms with van der Waals surface area (Å²) in [6.45, 7) is 6.38. The summed E-state index contributed by atoms with van der Waals surface area (Å²) in [5.74, 6) is 0. The molecule has 8 rings (SSSR count). The standard InChI is InChI=1S/C39H32Cl2N2O2S3/c1-24-4-12-29(13-5-24)46-39(47-30-14-6-25(2)7-15-30)22-38(37-36(39)32-20-27(40)10-18-34(32)42-37)23-43(35-19-11-28(41)21-33(35)38)48(44,45)31-16-8-26(3)9-17-31/h4-21,42H,22-23H2,1-3H3/t38-/m1/s1. The smallest absolute Gasteiger partial charge is 0.264 e. The van der Waals surface area contributed by atoms with Crippen molar-refractivity contribution in [2.75, 3.05) is 10.8 Å². The molecule has 1 N–H and O–H groups in total. The normalized spacial score (nSPS) is 18.1. The molecular weight excluding hydrogens is 696 g/mol. The second kappa shape index (κ2) is 11.6. The summed E-state index contributed by atoms with van der Waals surface area (Å²) in [5, 5.41) is 2.26. The van der Waals surface area contributed by atoms with Gasteiger partial charge < -0.3 is 4.98 Å². The van der Waals surface area contributed by atoms with Crippen molar-refractivity contribution in [2.24, 2.45) is 0 Å². The Hall–Kier alpha value is -3.33. The number of hydrogen-bond acceptors (Lipinski definition) is 4. The number of nitrogens with zero attached hydrogens (tertiary/aromatic N) is 1. The van der Waals surface area contributed by atoms with Crippen molar-refractivity contribution in [1.29, 1.82) is 0 Å². The van der Waals surface area contributed by atoms with E-state index in [2.05, 4.69) is 67.4 Å². The molecule has 5 aromatic carbocycles. The zero-order chi connectivity index (χ0) is 33.4. The zero-order valence-corrected chi connectivity index (χ0v) is 30.5. The molecule has 1 aliphatic heterocycles. The molecule has 0 radical (unpaired) electrons. The van der Waals surface area contributed by atoms with Gasteiger partial charge in [0.1, 0.15) is 0 Å². The zero-order valence-electron chi connectivity index (χ0n) is 26.6. The Labute approximate surface area is 299 Å². The summed E-state index contributed by atoms with van der Waals surface area (Å²) >= 11 is 17.1. The highest BCUT2D eigenvalue weighted by molar-refractivity contribution is 8.17. The van der Waals surface area contributed by atoms with Crippen LogP contribution in [0.4, 0.5) is 5.69 Å². The fourth-order valence-electron chi connectivity index (χ4n) is 7.22. The van der Waals surface area contributed by atoms with Gasteiger partial charge in [0, 0.05) is 48.5 Å². The molecule has 0 saturated carbocycles. The molecule has 2 heterocycles. The third-order valence-electron chi connectivity index (χ3n) is 9.53. The maximum Gasteiger partial charge on any atom is 0.264 e. The second-order valence-electron chi connectivity index (χ2n) is 12.9. The van der Waals surface area contributed by atoms with Crippen molar-refractivity contribution < 1.29 is 8.42 Å². The fraction of sp³-hybridized carbons (Fsp3) is 0.179. The number of rotatable bonds is 6. The molecule has 0 unspecified atom stereocenters. The predicted octanol–water partition coefficient (Wildman–Crippen LogP) is 11.0. The lowest BCUT2D eigenvalue weighted by molar-refractivity contribution is 0.519. The molecule has 242 valence electrons. The molecule has 2 aliphatic rings. The van der Waals surface area contributed by atoms with Crippen LogP contribution in [0.3, 0.4) is 0 Å². The average molecular weight is 728 g/mol. The Balaban J connectivity index is 1.40. The highest BCUT2D eigenvalue weighted by atomic mass is 35.5. The minimum absolute atomic E-state index is 0.233. The van der Waals surface area contributed by atoms with Crippen LogP contribution >= 0.6 is 46.7 Å². The van der Waals surface area contributed by atoms with Crippen molar-refractivity contribution in [3.05, 3.63) is 153 Å². The summed E-state index contributed by atoms with van der Waals surface area (Å²) in [5.41, 5.74) is 7.32. The SMILES string of the molecule is Cc1ccc(SC2(Sc3ccc(C)cc3)C[C@]3(CN(S(=O)(=O)c4ccc(C)cc4)c4ccc(Cl)cc43)c3[nH]c4ccc(Cl)cc4c32)cc1. The summed E-state index contributed by atoms with van der Waals surface area (Å²) in [6.07, 6.45) is 0.619. The number of aryl methyl sites for hydroxylation is 3. The molecule has 9 heteroatoms. The monoisotopic (exact) mass is 726 g/mol. The molecule has 1 aliphatic carbocycles. The van der Waals surface area contributed by atoms with Gasteiger partial charge in [-0.25, -0.2) is 8.42 Å². The number of sulfonamides is 1. The second-order valence-corrected chi connectivity index (χ2v) is 18.6. The topological polar surface area (TPSA) is 53.2 Å². The number of fused-ring (bicyclic) bond motifs is 6. The lowest BCUT2D eigenvalue weighted by atomic mass is 9.80. The van der Waals surface area contributed by atoms with E-state index in [1.807, 2.05) is 72.9 Å². The number of hydrogen-bond donors (Lipinski definition) is 1. The number of aromatic amines is 1. The van der Waals surface area contributed by atoms with Crippen LogP contribution in [-0.4, -0.2) is 19.9 Å². The van der Waals surface area contributed by atoms with Gasteiger partial charge in [-0.3, -0.25) is 4.31 Å². The molecule has 0 saturated heterocycles. The number of H-pyrrole nitrogens is 1. The van der Waals surface area contributed by atoms with E-state index in [0.29, 0.717) is 22.2 Å². The highest BCUT2D eigenvalue weighted by Crippen LogP contribution is 2.69. The molecule has 1 atom stereocenters. The fourth-order valence-corrected chi connectivity index (χ4v) is 12.4. The number of anilines is 1. The molecule has 4 nitrogen and oxygen atoms in total. The van der Waals surface area contributed by atoms with Crippen LogP contribution in [0.1, 0.15) is 39.9 Å². The first-order valence-electron chi connectivity index (χ1n) is 15.7. The highest BCUT2D eigenvalue weighted by Gasteiger charge is 2.61. The minimum atomic E-state index is -3.91. The molecule has 0 fully saturated rings. The summed E-state index contributed by atoms with van der Waals surface area (Å²) in [7, 11) is -3.91. The van der Waals surface area contributed by atoms with Crippen molar-refractivity contribution in [2.45, 2.75) is 51.4 Å². The van der Waals surface area contributed by atoms with Crippen molar-refractivity contribution in [3.63, 3.8) is 0 Å². The molecule has 0 bridgehead atoms. The first-order chi connectivity index (χ1) is 23.0. The van der Waals surface area contributed by atoms with Crippen LogP contribution in [0.15, 0.2) is 124 Å². The van der Waals surface area contributed by atoms with Gasteiger partial charge in [-0.15, -0.1) is 23.5 Å². The summed E-state index contributed by atoms with van der Waals surface area (Å²) < 4.78 is 30.1. The van der Waals surface area contributed by atoms with Crippen LogP contribution in [0.2, 0.25) is 10.0 Å². The first-order valence-corrected chi connectivity index (χ1v) is 19.5. The number of nitrogens with one attached hydrogen (secondary N) is 1. The van der Waals surface area contributed by atoms with Gasteiger partial charge in [-0.05, 0) is 106 Å². The maximum atomic E-state index is 14.5. The average Bonchev–Trinajstić information content (AvgIpc) is 3.68. The Bertz CT molecular complexity index is 2270. The molecule has 48 heavy (non-hydrogen) atoms.